The molecule has 2 aliphatic heterocycles. The Hall–Kier alpha value is -1.89. The Morgan fingerprint density at radius 2 is 2.04 bits per heavy atom. The number of H-pyrrole nitrogens is 1. The maximum absolute atomic E-state index is 10.6. The highest BCUT2D eigenvalue weighted by Gasteiger charge is 2.36. The lowest BCUT2D eigenvalue weighted by molar-refractivity contribution is 0.0872. The average molecular weight is 355 g/mol. The molecule has 2 fully saturated rings. The quantitative estimate of drug-likeness (QED) is 0.870. The number of aliphatic hydroxyl groups is 1. The molecule has 6 nitrogen and oxygen atoms in total. The Balaban J connectivity index is 1.37. The standard InChI is InChI=1S/C20H29N5O/c1-16-5-2-3-6-18(16)24-7-4-8-25(10-9-24)19-13-23(14-20(19)26)12-17-11-21-15-22-17/h2-3,5-6,11,15,19-20,26H,4,7-10,12-14H2,1H3,(H,21,22)/t19-,20-/m0/s1. The van der Waals surface area contributed by atoms with Gasteiger partial charge in [0.25, 0.3) is 0 Å². The molecule has 26 heavy (non-hydrogen) atoms. The number of benzene rings is 1. The first-order valence-electron chi connectivity index (χ1n) is 9.63. The molecule has 1 aromatic carbocycles. The zero-order valence-corrected chi connectivity index (χ0v) is 15.5. The molecule has 2 atom stereocenters. The first-order chi connectivity index (χ1) is 12.7. The molecule has 0 amide bonds. The molecule has 0 saturated carbocycles. The molecule has 6 heteroatoms. The van der Waals surface area contributed by atoms with Crippen LogP contribution in [0.25, 0.3) is 0 Å². The van der Waals surface area contributed by atoms with E-state index >= 15 is 0 Å². The van der Waals surface area contributed by atoms with Crippen LogP contribution in [0.2, 0.25) is 0 Å². The molecule has 0 spiro atoms. The number of anilines is 1. The highest BCUT2D eigenvalue weighted by molar-refractivity contribution is 5.53. The number of aryl methyl sites for hydroxylation is 1. The summed E-state index contributed by atoms with van der Waals surface area (Å²) in [6.07, 6.45) is 4.45. The normalized spacial score (nSPS) is 25.5. The maximum Gasteiger partial charge on any atom is 0.0922 e. The second kappa shape index (κ2) is 7.78. The minimum Gasteiger partial charge on any atom is -0.390 e. The van der Waals surface area contributed by atoms with Crippen LogP contribution in [0.15, 0.2) is 36.8 Å². The second-order valence-electron chi connectivity index (χ2n) is 7.57. The SMILES string of the molecule is Cc1ccccc1N1CCCN([C@H]2CN(Cc3cnc[nH]3)C[C@@H]2O)CC1. The van der Waals surface area contributed by atoms with Gasteiger partial charge in [0.05, 0.1) is 12.4 Å². The Morgan fingerprint density at radius 3 is 2.85 bits per heavy atom. The number of hydrogen-bond donors (Lipinski definition) is 2. The van der Waals surface area contributed by atoms with E-state index in [0.29, 0.717) is 0 Å². The van der Waals surface area contributed by atoms with E-state index < -0.39 is 0 Å². The summed E-state index contributed by atoms with van der Waals surface area (Å²) in [5.41, 5.74) is 3.80. The number of aromatic amines is 1. The van der Waals surface area contributed by atoms with E-state index in [0.717, 1.165) is 57.9 Å². The number of likely N-dealkylation sites (tertiary alicyclic amines) is 1. The monoisotopic (exact) mass is 355 g/mol. The van der Waals surface area contributed by atoms with E-state index in [1.807, 2.05) is 6.20 Å². The van der Waals surface area contributed by atoms with Crippen molar-refractivity contribution in [3.05, 3.63) is 48.0 Å². The molecule has 140 valence electrons. The van der Waals surface area contributed by atoms with Gasteiger partial charge >= 0.3 is 0 Å². The summed E-state index contributed by atoms with van der Waals surface area (Å²) < 4.78 is 0. The van der Waals surface area contributed by atoms with Crippen LogP contribution in [0.4, 0.5) is 5.69 Å². The summed E-state index contributed by atoms with van der Waals surface area (Å²) in [5, 5.41) is 10.6. The van der Waals surface area contributed by atoms with Crippen molar-refractivity contribution in [2.24, 2.45) is 0 Å². The third kappa shape index (κ3) is 3.77. The van der Waals surface area contributed by atoms with Gasteiger partial charge < -0.3 is 15.0 Å². The fourth-order valence-electron chi connectivity index (χ4n) is 4.38. The zero-order valence-electron chi connectivity index (χ0n) is 15.5. The van der Waals surface area contributed by atoms with E-state index in [-0.39, 0.29) is 12.1 Å². The predicted molar refractivity (Wildman–Crippen MR) is 103 cm³/mol. The Bertz CT molecular complexity index is 704. The van der Waals surface area contributed by atoms with Crippen molar-refractivity contribution >= 4 is 5.69 Å². The lowest BCUT2D eigenvalue weighted by Crippen LogP contribution is -2.45. The van der Waals surface area contributed by atoms with Gasteiger partial charge in [0.15, 0.2) is 0 Å². The van der Waals surface area contributed by atoms with Gasteiger partial charge in [-0.2, -0.15) is 0 Å². The van der Waals surface area contributed by atoms with Gasteiger partial charge in [0.1, 0.15) is 0 Å². The summed E-state index contributed by atoms with van der Waals surface area (Å²) in [4.78, 5) is 14.6. The van der Waals surface area contributed by atoms with E-state index in [2.05, 4.69) is 55.9 Å². The topological polar surface area (TPSA) is 58.6 Å². The number of aromatic nitrogens is 2. The van der Waals surface area contributed by atoms with Crippen LogP contribution in [0.5, 0.6) is 0 Å². The van der Waals surface area contributed by atoms with Gasteiger partial charge in [0.2, 0.25) is 0 Å². The zero-order chi connectivity index (χ0) is 17.9. The molecule has 2 N–H and O–H groups in total. The molecule has 0 unspecified atom stereocenters. The van der Waals surface area contributed by atoms with Crippen LogP contribution >= 0.6 is 0 Å². The highest BCUT2D eigenvalue weighted by Crippen LogP contribution is 2.24. The molecule has 0 bridgehead atoms. The maximum atomic E-state index is 10.6. The number of para-hydroxylation sites is 1. The number of rotatable bonds is 4. The smallest absolute Gasteiger partial charge is 0.0922 e. The molecule has 3 heterocycles. The van der Waals surface area contributed by atoms with Gasteiger partial charge in [-0.15, -0.1) is 0 Å². The van der Waals surface area contributed by atoms with Crippen molar-refractivity contribution < 1.29 is 5.11 Å². The van der Waals surface area contributed by atoms with Crippen LogP contribution in [0.3, 0.4) is 0 Å². The van der Waals surface area contributed by atoms with E-state index in [1.165, 1.54) is 11.3 Å². The van der Waals surface area contributed by atoms with Crippen molar-refractivity contribution in [1.29, 1.82) is 0 Å². The third-order valence-corrected chi connectivity index (χ3v) is 5.74. The molecule has 0 radical (unpaired) electrons. The van der Waals surface area contributed by atoms with Crippen molar-refractivity contribution in [3.63, 3.8) is 0 Å². The molecule has 2 aliphatic rings. The molecule has 2 aromatic rings. The van der Waals surface area contributed by atoms with Gasteiger partial charge in [-0.1, -0.05) is 18.2 Å². The van der Waals surface area contributed by atoms with Crippen molar-refractivity contribution in [3.8, 4) is 0 Å². The fourth-order valence-corrected chi connectivity index (χ4v) is 4.38. The summed E-state index contributed by atoms with van der Waals surface area (Å²) in [6, 6.07) is 8.87. The summed E-state index contributed by atoms with van der Waals surface area (Å²) >= 11 is 0. The highest BCUT2D eigenvalue weighted by atomic mass is 16.3. The first-order valence-corrected chi connectivity index (χ1v) is 9.63. The number of imidazole rings is 1. The van der Waals surface area contributed by atoms with Crippen molar-refractivity contribution in [1.82, 2.24) is 19.8 Å². The van der Waals surface area contributed by atoms with Crippen molar-refractivity contribution in [2.45, 2.75) is 32.0 Å². The molecule has 1 aromatic heterocycles. The second-order valence-corrected chi connectivity index (χ2v) is 7.57. The summed E-state index contributed by atoms with van der Waals surface area (Å²) in [7, 11) is 0. The van der Waals surface area contributed by atoms with Crippen LogP contribution in [0, 0.1) is 6.92 Å². The molecular weight excluding hydrogens is 326 g/mol. The van der Waals surface area contributed by atoms with Crippen LogP contribution < -0.4 is 4.90 Å². The first kappa shape index (κ1) is 17.5. The van der Waals surface area contributed by atoms with E-state index in [9.17, 15) is 5.11 Å². The Morgan fingerprint density at radius 1 is 1.15 bits per heavy atom. The molecule has 0 aliphatic carbocycles. The number of aliphatic hydroxyl groups excluding tert-OH is 1. The lowest BCUT2D eigenvalue weighted by Gasteiger charge is -2.30. The van der Waals surface area contributed by atoms with Gasteiger partial charge in [-0.3, -0.25) is 9.80 Å². The minimum atomic E-state index is -0.275. The van der Waals surface area contributed by atoms with E-state index in [1.54, 1.807) is 6.33 Å². The number of nitrogens with one attached hydrogen (secondary N) is 1. The van der Waals surface area contributed by atoms with Crippen molar-refractivity contribution in [2.75, 3.05) is 44.2 Å². The molecule has 2 saturated heterocycles. The Labute approximate surface area is 155 Å². The fraction of sp³-hybridized carbons (Fsp3) is 0.550. The lowest BCUT2D eigenvalue weighted by atomic mass is 10.1. The van der Waals surface area contributed by atoms with Crippen LogP contribution in [0.1, 0.15) is 17.7 Å². The summed E-state index contributed by atoms with van der Waals surface area (Å²) in [6.45, 7) is 8.85. The molecular formula is C20H29N5O. The Kier molecular flexibility index (Phi) is 5.24. The predicted octanol–water partition coefficient (Wildman–Crippen LogP) is 1.48. The third-order valence-electron chi connectivity index (χ3n) is 5.74. The average Bonchev–Trinajstić information content (AvgIpc) is 3.19. The molecule has 4 rings (SSSR count). The minimum absolute atomic E-state index is 0.231. The van der Waals surface area contributed by atoms with Crippen LogP contribution in [-0.2, 0) is 6.54 Å². The number of hydrogen-bond acceptors (Lipinski definition) is 5. The van der Waals surface area contributed by atoms with Gasteiger partial charge in [-0.05, 0) is 25.0 Å². The summed E-state index contributed by atoms with van der Waals surface area (Å²) in [5.74, 6) is 0. The number of nitrogens with zero attached hydrogens (tertiary/aromatic N) is 4. The largest absolute Gasteiger partial charge is 0.390 e. The van der Waals surface area contributed by atoms with Gasteiger partial charge in [0, 0.05) is 69.4 Å². The number of β-amino-alcohol motifs (C(OH)–C–C–N with tert-alkyl or cyclic N) is 1. The van der Waals surface area contributed by atoms with Crippen LogP contribution in [-0.4, -0.2) is 76.3 Å². The van der Waals surface area contributed by atoms with E-state index in [4.69, 9.17) is 0 Å². The van der Waals surface area contributed by atoms with Gasteiger partial charge in [-0.25, -0.2) is 4.98 Å².